The predicted octanol–water partition coefficient (Wildman–Crippen LogP) is 2.80. The lowest BCUT2D eigenvalue weighted by molar-refractivity contribution is 0.0891. The van der Waals surface area contributed by atoms with Crippen molar-refractivity contribution in [2.24, 2.45) is 0 Å². The van der Waals surface area contributed by atoms with Crippen LogP contribution in [0.5, 0.6) is 17.2 Å². The molecule has 2 aromatic carbocycles. The van der Waals surface area contributed by atoms with Gasteiger partial charge in [-0.05, 0) is 36.2 Å². The zero-order valence-electron chi connectivity index (χ0n) is 15.0. The van der Waals surface area contributed by atoms with E-state index in [-0.39, 0.29) is 0 Å². The Bertz CT molecular complexity index is 714. The summed E-state index contributed by atoms with van der Waals surface area (Å²) in [6.07, 6.45) is 0.336. The second-order valence-corrected chi connectivity index (χ2v) is 6.21. The van der Waals surface area contributed by atoms with Gasteiger partial charge >= 0.3 is 0 Å². The van der Waals surface area contributed by atoms with E-state index >= 15 is 0 Å². The lowest BCUT2D eigenvalue weighted by Crippen LogP contribution is -2.35. The van der Waals surface area contributed by atoms with Gasteiger partial charge in [-0.1, -0.05) is 12.1 Å². The van der Waals surface area contributed by atoms with E-state index in [9.17, 15) is 5.11 Å². The maximum absolute atomic E-state index is 10.6. The van der Waals surface area contributed by atoms with E-state index in [0.29, 0.717) is 6.54 Å². The first-order chi connectivity index (χ1) is 12.2. The fourth-order valence-electron chi connectivity index (χ4n) is 3.39. The minimum atomic E-state index is -0.579. The molecule has 0 fully saturated rings. The number of ether oxygens (including phenoxy) is 3. The van der Waals surface area contributed by atoms with Gasteiger partial charge in [0.25, 0.3) is 0 Å². The molecule has 0 amide bonds. The van der Waals surface area contributed by atoms with Crippen molar-refractivity contribution >= 4 is 0 Å². The lowest BCUT2D eigenvalue weighted by Gasteiger charge is -2.34. The number of β-amino-alcohol motifs (C(OH)–C–C–N with tert-alkyl or cyclic N) is 1. The van der Waals surface area contributed by atoms with Gasteiger partial charge in [-0.15, -0.1) is 0 Å². The van der Waals surface area contributed by atoms with Crippen LogP contribution in [0.15, 0.2) is 36.4 Å². The van der Waals surface area contributed by atoms with Crippen molar-refractivity contribution in [2.75, 3.05) is 34.4 Å². The Labute approximate surface area is 148 Å². The molecule has 0 saturated heterocycles. The summed E-state index contributed by atoms with van der Waals surface area (Å²) in [4.78, 5) is 2.25. The van der Waals surface area contributed by atoms with Crippen molar-refractivity contribution in [2.45, 2.75) is 19.1 Å². The Morgan fingerprint density at radius 1 is 0.960 bits per heavy atom. The molecule has 1 aliphatic rings. The SMILES string of the molecule is COc1ccc(CCN2Cc3c(OC)ccc(OC)c3[C@H](O)C2)cc1. The van der Waals surface area contributed by atoms with E-state index in [2.05, 4.69) is 17.0 Å². The van der Waals surface area contributed by atoms with Crippen LogP contribution in [0.1, 0.15) is 22.8 Å². The molecule has 0 radical (unpaired) electrons. The monoisotopic (exact) mass is 343 g/mol. The average Bonchev–Trinajstić information content (AvgIpc) is 2.65. The molecule has 0 aliphatic carbocycles. The standard InChI is InChI=1S/C20H25NO4/c1-23-15-6-4-14(5-7-15)10-11-21-12-16-18(24-2)8-9-19(25-3)20(16)17(22)13-21/h4-9,17,22H,10-13H2,1-3H3/t17-/m1/s1. The quantitative estimate of drug-likeness (QED) is 0.874. The largest absolute Gasteiger partial charge is 0.497 e. The van der Waals surface area contributed by atoms with Gasteiger partial charge in [0.2, 0.25) is 0 Å². The van der Waals surface area contributed by atoms with Gasteiger partial charge in [-0.25, -0.2) is 0 Å². The third kappa shape index (κ3) is 3.72. The smallest absolute Gasteiger partial charge is 0.125 e. The summed E-state index contributed by atoms with van der Waals surface area (Å²) in [5.41, 5.74) is 3.11. The topological polar surface area (TPSA) is 51.2 Å². The average molecular weight is 343 g/mol. The van der Waals surface area contributed by atoms with Crippen molar-refractivity contribution in [1.82, 2.24) is 4.90 Å². The fourth-order valence-corrected chi connectivity index (χ4v) is 3.39. The van der Waals surface area contributed by atoms with Crippen LogP contribution in [0.25, 0.3) is 0 Å². The van der Waals surface area contributed by atoms with Gasteiger partial charge in [0.15, 0.2) is 0 Å². The molecule has 0 bridgehead atoms. The number of hydrogen-bond acceptors (Lipinski definition) is 5. The second kappa shape index (κ2) is 7.76. The Morgan fingerprint density at radius 2 is 1.64 bits per heavy atom. The maximum Gasteiger partial charge on any atom is 0.125 e. The third-order valence-electron chi connectivity index (χ3n) is 4.74. The molecule has 0 aromatic heterocycles. The van der Waals surface area contributed by atoms with Crippen molar-refractivity contribution < 1.29 is 19.3 Å². The van der Waals surface area contributed by atoms with Crippen LogP contribution in [0.3, 0.4) is 0 Å². The van der Waals surface area contributed by atoms with E-state index in [1.54, 1.807) is 21.3 Å². The molecule has 1 heterocycles. The van der Waals surface area contributed by atoms with E-state index in [4.69, 9.17) is 14.2 Å². The van der Waals surface area contributed by atoms with E-state index in [1.807, 2.05) is 24.3 Å². The van der Waals surface area contributed by atoms with Crippen LogP contribution >= 0.6 is 0 Å². The van der Waals surface area contributed by atoms with Crippen LogP contribution in [0, 0.1) is 0 Å². The summed E-state index contributed by atoms with van der Waals surface area (Å²) >= 11 is 0. The van der Waals surface area contributed by atoms with Crippen LogP contribution in [-0.4, -0.2) is 44.4 Å². The lowest BCUT2D eigenvalue weighted by atomic mass is 9.95. The van der Waals surface area contributed by atoms with Gasteiger partial charge < -0.3 is 19.3 Å². The molecule has 25 heavy (non-hydrogen) atoms. The predicted molar refractivity (Wildman–Crippen MR) is 96.5 cm³/mol. The molecular formula is C20H25NO4. The number of aliphatic hydroxyl groups is 1. The van der Waals surface area contributed by atoms with Crippen molar-refractivity contribution in [3.63, 3.8) is 0 Å². The Morgan fingerprint density at radius 3 is 2.28 bits per heavy atom. The van der Waals surface area contributed by atoms with Crippen LogP contribution in [0.2, 0.25) is 0 Å². The summed E-state index contributed by atoms with van der Waals surface area (Å²) in [6, 6.07) is 11.9. The van der Waals surface area contributed by atoms with E-state index in [1.165, 1.54) is 5.56 Å². The molecule has 1 atom stereocenters. The Balaban J connectivity index is 1.74. The van der Waals surface area contributed by atoms with Gasteiger partial charge in [0, 0.05) is 30.8 Å². The molecule has 3 rings (SSSR count). The van der Waals surface area contributed by atoms with Crippen LogP contribution in [-0.2, 0) is 13.0 Å². The number of rotatable bonds is 6. The molecule has 5 nitrogen and oxygen atoms in total. The number of aliphatic hydroxyl groups excluding tert-OH is 1. The highest BCUT2D eigenvalue weighted by Gasteiger charge is 2.29. The van der Waals surface area contributed by atoms with E-state index in [0.717, 1.165) is 47.9 Å². The van der Waals surface area contributed by atoms with Crippen LogP contribution < -0.4 is 14.2 Å². The highest BCUT2D eigenvalue weighted by molar-refractivity contribution is 5.51. The fraction of sp³-hybridized carbons (Fsp3) is 0.400. The van der Waals surface area contributed by atoms with Crippen LogP contribution in [0.4, 0.5) is 0 Å². The Hall–Kier alpha value is -2.24. The highest BCUT2D eigenvalue weighted by atomic mass is 16.5. The molecule has 134 valence electrons. The molecule has 1 aliphatic heterocycles. The van der Waals surface area contributed by atoms with Crippen molar-refractivity contribution in [1.29, 1.82) is 0 Å². The van der Waals surface area contributed by atoms with Crippen molar-refractivity contribution in [3.8, 4) is 17.2 Å². The number of nitrogens with zero attached hydrogens (tertiary/aromatic N) is 1. The van der Waals surface area contributed by atoms with Crippen molar-refractivity contribution in [3.05, 3.63) is 53.1 Å². The number of benzene rings is 2. The molecule has 1 N–H and O–H groups in total. The maximum atomic E-state index is 10.6. The molecule has 0 saturated carbocycles. The number of methoxy groups -OCH3 is 3. The molecule has 2 aromatic rings. The van der Waals surface area contributed by atoms with Gasteiger partial charge in [-0.3, -0.25) is 4.90 Å². The zero-order chi connectivity index (χ0) is 17.8. The molecule has 5 heteroatoms. The summed E-state index contributed by atoms with van der Waals surface area (Å²) in [6.45, 7) is 2.19. The minimum Gasteiger partial charge on any atom is -0.497 e. The van der Waals surface area contributed by atoms with Gasteiger partial charge in [0.1, 0.15) is 17.2 Å². The number of hydrogen-bond donors (Lipinski definition) is 1. The minimum absolute atomic E-state index is 0.579. The third-order valence-corrected chi connectivity index (χ3v) is 4.74. The first-order valence-corrected chi connectivity index (χ1v) is 8.43. The summed E-state index contributed by atoms with van der Waals surface area (Å²) in [5, 5.41) is 10.6. The molecule has 0 unspecified atom stereocenters. The van der Waals surface area contributed by atoms with E-state index < -0.39 is 6.10 Å². The first-order valence-electron chi connectivity index (χ1n) is 8.43. The number of fused-ring (bicyclic) bond motifs is 1. The summed E-state index contributed by atoms with van der Waals surface area (Å²) < 4.78 is 16.1. The normalized spacial score (nSPS) is 17.0. The molecule has 0 spiro atoms. The summed E-state index contributed by atoms with van der Waals surface area (Å²) in [5.74, 6) is 2.38. The van der Waals surface area contributed by atoms with Gasteiger partial charge in [-0.2, -0.15) is 0 Å². The second-order valence-electron chi connectivity index (χ2n) is 6.21. The zero-order valence-corrected chi connectivity index (χ0v) is 15.0. The summed E-state index contributed by atoms with van der Waals surface area (Å²) in [7, 11) is 4.96. The first kappa shape index (κ1) is 17.6. The molecular weight excluding hydrogens is 318 g/mol. The Kier molecular flexibility index (Phi) is 5.46. The van der Waals surface area contributed by atoms with Gasteiger partial charge in [0.05, 0.1) is 27.4 Å². The highest BCUT2D eigenvalue weighted by Crippen LogP contribution is 2.39.